The summed E-state index contributed by atoms with van der Waals surface area (Å²) in [5.74, 6) is 0.330. The number of anilines is 1. The molecule has 0 atom stereocenters. The summed E-state index contributed by atoms with van der Waals surface area (Å²) in [6, 6.07) is 11.0. The summed E-state index contributed by atoms with van der Waals surface area (Å²) in [4.78, 5) is 12.4. The van der Waals surface area contributed by atoms with E-state index in [2.05, 4.69) is 15.4 Å². The topological polar surface area (TPSA) is 96.5 Å². The van der Waals surface area contributed by atoms with Crippen molar-refractivity contribution in [2.24, 2.45) is 0 Å². The van der Waals surface area contributed by atoms with Gasteiger partial charge in [-0.2, -0.15) is 0 Å². The second-order valence-corrected chi connectivity index (χ2v) is 7.60. The Labute approximate surface area is 172 Å². The first-order valence-electron chi connectivity index (χ1n) is 8.64. The molecule has 0 bridgehead atoms. The molecule has 0 saturated carbocycles. The normalized spacial score (nSPS) is 10.7. The Morgan fingerprint density at radius 3 is 2.36 bits per heavy atom. The average Bonchev–Trinajstić information content (AvgIpc) is 2.65. The van der Waals surface area contributed by atoms with Crippen molar-refractivity contribution in [3.05, 3.63) is 53.6 Å². The van der Waals surface area contributed by atoms with Gasteiger partial charge in [0.15, 0.2) is 0 Å². The predicted molar refractivity (Wildman–Crippen MR) is 113 cm³/mol. The van der Waals surface area contributed by atoms with E-state index in [0.29, 0.717) is 35.7 Å². The molecule has 0 aliphatic carbocycles. The first-order chi connectivity index (χ1) is 12.9. The van der Waals surface area contributed by atoms with Crippen LogP contribution in [0.25, 0.3) is 0 Å². The van der Waals surface area contributed by atoms with Gasteiger partial charge in [0.25, 0.3) is 15.9 Å². The van der Waals surface area contributed by atoms with Crippen LogP contribution in [-0.2, 0) is 10.0 Å². The van der Waals surface area contributed by atoms with Crippen LogP contribution in [-0.4, -0.2) is 41.1 Å². The van der Waals surface area contributed by atoms with Crippen LogP contribution in [0, 0.1) is 6.92 Å². The van der Waals surface area contributed by atoms with E-state index in [4.69, 9.17) is 4.74 Å². The Kier molecular flexibility index (Phi) is 9.24. The van der Waals surface area contributed by atoms with Crippen LogP contribution in [0.2, 0.25) is 0 Å². The number of likely N-dealkylation sites (N-methyl/N-ethyl adjacent to an activating group) is 1. The Bertz CT molecular complexity index is 887. The molecule has 9 heteroatoms. The number of rotatable bonds is 9. The summed E-state index contributed by atoms with van der Waals surface area (Å²) in [6.45, 7) is 5.69. The van der Waals surface area contributed by atoms with Crippen molar-refractivity contribution in [2.75, 3.05) is 31.5 Å². The second-order valence-electron chi connectivity index (χ2n) is 5.92. The maximum absolute atomic E-state index is 12.7. The fraction of sp³-hybridized carbons (Fsp3) is 0.316. The van der Waals surface area contributed by atoms with Gasteiger partial charge in [0.2, 0.25) is 0 Å². The van der Waals surface area contributed by atoms with E-state index in [9.17, 15) is 13.2 Å². The van der Waals surface area contributed by atoms with Crippen molar-refractivity contribution in [2.45, 2.75) is 18.7 Å². The van der Waals surface area contributed by atoms with Gasteiger partial charge in [0.05, 0.1) is 12.0 Å². The largest absolute Gasteiger partial charge is 0.497 e. The van der Waals surface area contributed by atoms with Crippen molar-refractivity contribution in [1.29, 1.82) is 0 Å². The molecule has 154 valence electrons. The molecule has 7 nitrogen and oxygen atoms in total. The minimum absolute atomic E-state index is 0. The lowest BCUT2D eigenvalue weighted by Gasteiger charge is -2.12. The highest BCUT2D eigenvalue weighted by Crippen LogP contribution is 2.21. The third kappa shape index (κ3) is 6.40. The Morgan fingerprint density at radius 2 is 1.75 bits per heavy atom. The smallest absolute Gasteiger partial charge is 0.261 e. The Balaban J connectivity index is 0.00000392. The molecule has 0 aromatic heterocycles. The van der Waals surface area contributed by atoms with E-state index >= 15 is 0 Å². The molecule has 2 aromatic carbocycles. The number of hydrogen-bond acceptors (Lipinski definition) is 5. The lowest BCUT2D eigenvalue weighted by Crippen LogP contribution is -2.32. The quantitative estimate of drug-likeness (QED) is 0.534. The van der Waals surface area contributed by atoms with Gasteiger partial charge in [0.1, 0.15) is 5.75 Å². The van der Waals surface area contributed by atoms with Crippen LogP contribution in [0.5, 0.6) is 5.75 Å². The van der Waals surface area contributed by atoms with Crippen molar-refractivity contribution in [3.63, 3.8) is 0 Å². The van der Waals surface area contributed by atoms with E-state index in [-0.39, 0.29) is 23.2 Å². The monoisotopic (exact) mass is 427 g/mol. The van der Waals surface area contributed by atoms with Crippen LogP contribution in [0.3, 0.4) is 0 Å². The van der Waals surface area contributed by atoms with Crippen molar-refractivity contribution in [3.8, 4) is 5.75 Å². The maximum Gasteiger partial charge on any atom is 0.261 e. The molecule has 0 aliphatic heterocycles. The van der Waals surface area contributed by atoms with Gasteiger partial charge >= 0.3 is 0 Å². The molecule has 0 saturated heterocycles. The third-order valence-corrected chi connectivity index (χ3v) is 5.32. The van der Waals surface area contributed by atoms with Crippen molar-refractivity contribution < 1.29 is 17.9 Å². The summed E-state index contributed by atoms with van der Waals surface area (Å²) in [5.41, 5.74) is 1.46. The van der Waals surface area contributed by atoms with Crippen molar-refractivity contribution >= 4 is 34.0 Å². The number of carbonyl (C=O) groups excluding carboxylic acids is 1. The summed E-state index contributed by atoms with van der Waals surface area (Å²) in [6.07, 6.45) is 0. The highest BCUT2D eigenvalue weighted by Gasteiger charge is 2.18. The molecule has 0 fully saturated rings. The van der Waals surface area contributed by atoms with Gasteiger partial charge in [-0.15, -0.1) is 12.4 Å². The van der Waals surface area contributed by atoms with Gasteiger partial charge in [0, 0.05) is 24.3 Å². The number of nitrogens with one attached hydrogen (secondary N) is 3. The highest BCUT2D eigenvalue weighted by molar-refractivity contribution is 7.92. The number of hydrogen-bond donors (Lipinski definition) is 3. The summed E-state index contributed by atoms with van der Waals surface area (Å²) in [5, 5.41) is 5.90. The molecule has 0 unspecified atom stereocenters. The van der Waals surface area contributed by atoms with Crippen LogP contribution in [0.1, 0.15) is 22.8 Å². The SMILES string of the molecule is CCNCCNC(=O)c1cc(S(=O)(=O)Nc2ccc(OC)cc2)ccc1C.Cl. The molecule has 28 heavy (non-hydrogen) atoms. The first-order valence-corrected chi connectivity index (χ1v) is 10.1. The molecule has 0 heterocycles. The number of benzene rings is 2. The highest BCUT2D eigenvalue weighted by atomic mass is 35.5. The number of sulfonamides is 1. The van der Waals surface area contributed by atoms with Gasteiger partial charge in [-0.05, 0) is 55.4 Å². The minimum atomic E-state index is -3.82. The lowest BCUT2D eigenvalue weighted by molar-refractivity contribution is 0.0953. The van der Waals surface area contributed by atoms with Crippen LogP contribution in [0.4, 0.5) is 5.69 Å². The van der Waals surface area contributed by atoms with Crippen LogP contribution in [0.15, 0.2) is 47.4 Å². The summed E-state index contributed by atoms with van der Waals surface area (Å²) < 4.78 is 32.9. The molecule has 2 rings (SSSR count). The summed E-state index contributed by atoms with van der Waals surface area (Å²) in [7, 11) is -2.28. The molecule has 0 radical (unpaired) electrons. The number of ether oxygens (including phenoxy) is 1. The van der Waals surface area contributed by atoms with Crippen molar-refractivity contribution in [1.82, 2.24) is 10.6 Å². The van der Waals surface area contributed by atoms with E-state index in [1.54, 1.807) is 37.3 Å². The van der Waals surface area contributed by atoms with Gasteiger partial charge in [-0.25, -0.2) is 8.42 Å². The molecular weight excluding hydrogens is 402 g/mol. The van der Waals surface area contributed by atoms with Gasteiger partial charge in [-0.1, -0.05) is 13.0 Å². The molecule has 2 aromatic rings. The number of halogens is 1. The van der Waals surface area contributed by atoms with Gasteiger partial charge < -0.3 is 15.4 Å². The second kappa shape index (κ2) is 10.9. The fourth-order valence-electron chi connectivity index (χ4n) is 2.42. The lowest BCUT2D eigenvalue weighted by atomic mass is 10.1. The standard InChI is InChI=1S/C19H25N3O4S.ClH/c1-4-20-11-12-21-19(23)18-13-17(10-5-14(18)2)27(24,25)22-15-6-8-16(26-3)9-7-15;/h5-10,13,20,22H,4,11-12H2,1-3H3,(H,21,23);1H. The number of aryl methyl sites for hydroxylation is 1. The fourth-order valence-corrected chi connectivity index (χ4v) is 3.51. The molecule has 3 N–H and O–H groups in total. The minimum Gasteiger partial charge on any atom is -0.497 e. The molecule has 1 amide bonds. The first kappa shape index (κ1) is 23.7. The average molecular weight is 428 g/mol. The molecule has 0 spiro atoms. The van der Waals surface area contributed by atoms with E-state index in [1.807, 2.05) is 6.92 Å². The van der Waals surface area contributed by atoms with Crippen LogP contribution >= 0.6 is 12.4 Å². The zero-order valence-electron chi connectivity index (χ0n) is 16.1. The molecule has 0 aliphatic rings. The third-order valence-electron chi connectivity index (χ3n) is 3.94. The maximum atomic E-state index is 12.7. The Hall–Kier alpha value is -2.29. The van der Waals surface area contributed by atoms with E-state index < -0.39 is 10.0 Å². The number of carbonyl (C=O) groups is 1. The van der Waals surface area contributed by atoms with Crippen LogP contribution < -0.4 is 20.1 Å². The zero-order valence-corrected chi connectivity index (χ0v) is 17.7. The number of amides is 1. The van der Waals surface area contributed by atoms with E-state index in [0.717, 1.165) is 6.54 Å². The summed E-state index contributed by atoms with van der Waals surface area (Å²) >= 11 is 0. The van der Waals surface area contributed by atoms with Gasteiger partial charge in [-0.3, -0.25) is 9.52 Å². The predicted octanol–water partition coefficient (Wildman–Crippen LogP) is 2.57. The number of methoxy groups -OCH3 is 1. The Morgan fingerprint density at radius 1 is 1.07 bits per heavy atom. The zero-order chi connectivity index (χ0) is 19.9. The van der Waals surface area contributed by atoms with E-state index in [1.165, 1.54) is 19.2 Å². The molecular formula is C19H26ClN3O4S.